The predicted octanol–water partition coefficient (Wildman–Crippen LogP) is 4.75. The number of hydrogen-bond acceptors (Lipinski definition) is 2. The van der Waals surface area contributed by atoms with E-state index >= 15 is 0 Å². The van der Waals surface area contributed by atoms with Crippen molar-refractivity contribution in [1.29, 1.82) is 0 Å². The molecule has 1 heterocycles. The molecule has 0 aromatic rings. The maximum Gasteiger partial charge on any atom is 0.222 e. The topological polar surface area (TPSA) is 29.5 Å². The molecule has 3 heteroatoms. The molecule has 4 rings (SSSR count). The number of carbonyl (C=O) groups is 1. The molecule has 3 nitrogen and oxygen atoms in total. The van der Waals surface area contributed by atoms with Gasteiger partial charge >= 0.3 is 0 Å². The van der Waals surface area contributed by atoms with Gasteiger partial charge in [-0.05, 0) is 85.9 Å². The number of ether oxygens (including phenoxy) is 1. The molecule has 148 valence electrons. The lowest BCUT2D eigenvalue weighted by Crippen LogP contribution is -2.61. The van der Waals surface area contributed by atoms with Crippen molar-refractivity contribution in [2.75, 3.05) is 14.2 Å². The second-order valence-electron chi connectivity index (χ2n) is 10.7. The van der Waals surface area contributed by atoms with Crippen molar-refractivity contribution in [3.8, 4) is 0 Å². The molecular formula is C23H39NO2. The quantitative estimate of drug-likeness (QED) is 0.710. The van der Waals surface area contributed by atoms with Crippen LogP contribution in [0.1, 0.15) is 72.6 Å². The highest BCUT2D eigenvalue weighted by Crippen LogP contribution is 2.67. The molecule has 0 aromatic carbocycles. The summed E-state index contributed by atoms with van der Waals surface area (Å²) in [5.74, 6) is 4.33. The average Bonchev–Trinajstić information content (AvgIpc) is 2.88. The lowest BCUT2D eigenvalue weighted by atomic mass is 9.46. The fourth-order valence-electron chi connectivity index (χ4n) is 8.70. The number of methoxy groups -OCH3 is 1. The van der Waals surface area contributed by atoms with Crippen molar-refractivity contribution in [3.63, 3.8) is 0 Å². The van der Waals surface area contributed by atoms with Gasteiger partial charge in [-0.3, -0.25) is 4.79 Å². The molecule has 4 fully saturated rings. The summed E-state index contributed by atoms with van der Waals surface area (Å²) in [5.41, 5.74) is 0.775. The zero-order chi connectivity index (χ0) is 18.9. The fourth-order valence-corrected chi connectivity index (χ4v) is 8.70. The van der Waals surface area contributed by atoms with Crippen LogP contribution < -0.4 is 0 Å². The van der Waals surface area contributed by atoms with Crippen molar-refractivity contribution in [2.45, 2.75) is 84.8 Å². The minimum absolute atomic E-state index is 0.334. The van der Waals surface area contributed by atoms with Gasteiger partial charge in [-0.25, -0.2) is 0 Å². The van der Waals surface area contributed by atoms with E-state index in [1.54, 1.807) is 0 Å². The summed E-state index contributed by atoms with van der Waals surface area (Å²) in [5, 5.41) is 0. The van der Waals surface area contributed by atoms with E-state index in [4.69, 9.17) is 4.74 Å². The van der Waals surface area contributed by atoms with E-state index in [1.165, 1.54) is 32.1 Å². The second kappa shape index (κ2) is 6.22. The van der Waals surface area contributed by atoms with Crippen molar-refractivity contribution in [2.24, 2.45) is 40.4 Å². The van der Waals surface area contributed by atoms with Gasteiger partial charge in [0, 0.05) is 26.6 Å². The van der Waals surface area contributed by atoms with Crippen LogP contribution in [0.2, 0.25) is 0 Å². The molecule has 3 saturated carbocycles. The Hall–Kier alpha value is -0.570. The SMILES string of the molecule is COC(C)[C@H]1C(C)C[C@H]2[C@@H]3CCC4N(C)C(=O)CC[C@]4(C)[C@H]3CC[C@]12C. The molecule has 0 aromatic heterocycles. The Morgan fingerprint density at radius 1 is 1.12 bits per heavy atom. The Labute approximate surface area is 160 Å². The third kappa shape index (κ3) is 2.38. The summed E-state index contributed by atoms with van der Waals surface area (Å²) < 4.78 is 5.84. The Balaban J connectivity index is 1.64. The normalized spacial score (nSPS) is 52.2. The summed E-state index contributed by atoms with van der Waals surface area (Å²) >= 11 is 0. The summed E-state index contributed by atoms with van der Waals surface area (Å²) in [7, 11) is 3.95. The molecule has 1 amide bonds. The predicted molar refractivity (Wildman–Crippen MR) is 105 cm³/mol. The van der Waals surface area contributed by atoms with E-state index in [2.05, 4.69) is 39.6 Å². The third-order valence-corrected chi connectivity index (χ3v) is 9.87. The van der Waals surface area contributed by atoms with E-state index < -0.39 is 0 Å². The molecule has 0 spiro atoms. The number of nitrogens with zero attached hydrogens (tertiary/aromatic N) is 1. The molecule has 1 aliphatic heterocycles. The number of rotatable bonds is 2. The maximum absolute atomic E-state index is 12.3. The molecule has 0 radical (unpaired) electrons. The van der Waals surface area contributed by atoms with Crippen LogP contribution in [0.25, 0.3) is 0 Å². The van der Waals surface area contributed by atoms with Gasteiger partial charge in [0.1, 0.15) is 0 Å². The largest absolute Gasteiger partial charge is 0.381 e. The van der Waals surface area contributed by atoms with E-state index in [0.717, 1.165) is 36.5 Å². The molecule has 0 bridgehead atoms. The fraction of sp³-hybridized carbons (Fsp3) is 0.957. The minimum Gasteiger partial charge on any atom is -0.381 e. The first-order valence-corrected chi connectivity index (χ1v) is 11.0. The van der Waals surface area contributed by atoms with Gasteiger partial charge in [0.05, 0.1) is 6.10 Å². The highest BCUT2D eigenvalue weighted by Gasteiger charge is 2.63. The Morgan fingerprint density at radius 3 is 2.54 bits per heavy atom. The van der Waals surface area contributed by atoms with Crippen LogP contribution in [0.3, 0.4) is 0 Å². The van der Waals surface area contributed by atoms with E-state index in [0.29, 0.717) is 34.8 Å². The van der Waals surface area contributed by atoms with Gasteiger partial charge < -0.3 is 9.64 Å². The van der Waals surface area contributed by atoms with E-state index in [-0.39, 0.29) is 0 Å². The van der Waals surface area contributed by atoms with Crippen molar-refractivity contribution < 1.29 is 9.53 Å². The number of likely N-dealkylation sites (tertiary alicyclic amines) is 1. The van der Waals surface area contributed by atoms with Crippen molar-refractivity contribution >= 4 is 5.91 Å². The second-order valence-corrected chi connectivity index (χ2v) is 10.7. The smallest absolute Gasteiger partial charge is 0.222 e. The molecule has 26 heavy (non-hydrogen) atoms. The number of piperidine rings is 1. The number of amides is 1. The van der Waals surface area contributed by atoms with Gasteiger partial charge in [0.2, 0.25) is 5.91 Å². The van der Waals surface area contributed by atoms with Crippen LogP contribution in [-0.2, 0) is 9.53 Å². The van der Waals surface area contributed by atoms with Crippen molar-refractivity contribution in [3.05, 3.63) is 0 Å². The number of hydrogen-bond donors (Lipinski definition) is 0. The zero-order valence-corrected chi connectivity index (χ0v) is 17.8. The van der Waals surface area contributed by atoms with Crippen LogP contribution in [0.5, 0.6) is 0 Å². The lowest BCUT2D eigenvalue weighted by molar-refractivity contribution is -0.160. The summed E-state index contributed by atoms with van der Waals surface area (Å²) in [6.45, 7) is 9.87. The molecule has 4 aliphatic rings. The first kappa shape index (κ1) is 18.8. The van der Waals surface area contributed by atoms with Crippen LogP contribution >= 0.6 is 0 Å². The maximum atomic E-state index is 12.3. The number of carbonyl (C=O) groups excluding carboxylic acids is 1. The van der Waals surface area contributed by atoms with Crippen LogP contribution in [0, 0.1) is 40.4 Å². The standard InChI is InChI=1S/C23H39NO2/c1-14-13-18-16-7-8-19-22(3,12-10-20(25)24(19)5)17(16)9-11-23(18,4)21(14)15(2)26-6/h14-19,21H,7-13H2,1-6H3/t14?,15?,16-,17+,18+,19?,21-,22-,23+/m1/s1. The first-order valence-electron chi connectivity index (χ1n) is 11.0. The first-order chi connectivity index (χ1) is 12.2. The van der Waals surface area contributed by atoms with E-state index in [9.17, 15) is 4.79 Å². The molecule has 3 unspecified atom stereocenters. The Morgan fingerprint density at radius 2 is 1.85 bits per heavy atom. The number of fused-ring (bicyclic) bond motifs is 5. The van der Waals surface area contributed by atoms with Gasteiger partial charge in [-0.15, -0.1) is 0 Å². The minimum atomic E-state index is 0.334. The molecular weight excluding hydrogens is 322 g/mol. The zero-order valence-electron chi connectivity index (χ0n) is 17.8. The van der Waals surface area contributed by atoms with Crippen LogP contribution in [-0.4, -0.2) is 37.1 Å². The summed E-state index contributed by atoms with van der Waals surface area (Å²) in [4.78, 5) is 14.4. The van der Waals surface area contributed by atoms with Gasteiger partial charge in [0.15, 0.2) is 0 Å². The van der Waals surface area contributed by atoms with Crippen LogP contribution in [0.4, 0.5) is 0 Å². The third-order valence-electron chi connectivity index (χ3n) is 9.87. The Kier molecular flexibility index (Phi) is 4.49. The highest BCUT2D eigenvalue weighted by atomic mass is 16.5. The van der Waals surface area contributed by atoms with Crippen LogP contribution in [0.15, 0.2) is 0 Å². The van der Waals surface area contributed by atoms with Gasteiger partial charge in [0.25, 0.3) is 0 Å². The van der Waals surface area contributed by atoms with E-state index in [1.807, 2.05) is 7.11 Å². The molecule has 1 saturated heterocycles. The molecule has 9 atom stereocenters. The summed E-state index contributed by atoms with van der Waals surface area (Å²) in [6, 6.07) is 0.474. The average molecular weight is 362 g/mol. The van der Waals surface area contributed by atoms with Gasteiger partial charge in [-0.1, -0.05) is 20.8 Å². The molecule has 0 N–H and O–H groups in total. The van der Waals surface area contributed by atoms with Crippen molar-refractivity contribution in [1.82, 2.24) is 4.90 Å². The summed E-state index contributed by atoms with van der Waals surface area (Å²) in [6.07, 6.45) is 8.85. The highest BCUT2D eigenvalue weighted by molar-refractivity contribution is 5.77. The monoisotopic (exact) mass is 361 g/mol. The molecule has 3 aliphatic carbocycles. The Bertz CT molecular complexity index is 577. The lowest BCUT2D eigenvalue weighted by Gasteiger charge is -2.62. The van der Waals surface area contributed by atoms with Gasteiger partial charge in [-0.2, -0.15) is 0 Å².